The Bertz CT molecular complexity index is 1220. The minimum Gasteiger partial charge on any atom is -0.493 e. The van der Waals surface area contributed by atoms with E-state index in [4.69, 9.17) is 28.4 Å². The van der Waals surface area contributed by atoms with E-state index in [1.807, 2.05) is 18.2 Å². The molecule has 5 rings (SSSR count). The van der Waals surface area contributed by atoms with Gasteiger partial charge in [0.15, 0.2) is 23.0 Å². The molecule has 2 aromatic carbocycles. The van der Waals surface area contributed by atoms with Gasteiger partial charge in [-0.15, -0.1) is 0 Å². The van der Waals surface area contributed by atoms with Crippen LogP contribution in [-0.4, -0.2) is 50.8 Å². The van der Waals surface area contributed by atoms with Crippen LogP contribution >= 0.6 is 0 Å². The van der Waals surface area contributed by atoms with Crippen molar-refractivity contribution in [3.05, 3.63) is 53.1 Å². The summed E-state index contributed by atoms with van der Waals surface area (Å²) in [4.78, 5) is 26.9. The molecular weight excluding hydrogens is 454 g/mol. The number of methoxy groups -OCH3 is 1. The molecule has 0 N–H and O–H groups in total. The third-order valence-electron chi connectivity index (χ3n) is 6.71. The first kappa shape index (κ1) is 22.9. The van der Waals surface area contributed by atoms with Crippen LogP contribution in [0.25, 0.3) is 5.57 Å². The predicted octanol–water partition coefficient (Wildman–Crippen LogP) is 4.44. The second-order valence-electron chi connectivity index (χ2n) is 8.42. The zero-order valence-corrected chi connectivity index (χ0v) is 20.0. The van der Waals surface area contributed by atoms with Crippen LogP contribution in [0.5, 0.6) is 23.0 Å². The van der Waals surface area contributed by atoms with E-state index in [1.165, 1.54) is 7.11 Å². The van der Waals surface area contributed by atoms with Crippen LogP contribution in [0.4, 0.5) is 9.59 Å². The van der Waals surface area contributed by atoms with E-state index >= 15 is 0 Å². The zero-order valence-electron chi connectivity index (χ0n) is 20.0. The fourth-order valence-electron chi connectivity index (χ4n) is 5.22. The lowest BCUT2D eigenvalue weighted by atomic mass is 9.76. The van der Waals surface area contributed by atoms with E-state index in [2.05, 4.69) is 6.58 Å². The van der Waals surface area contributed by atoms with Crippen molar-refractivity contribution in [3.8, 4) is 23.0 Å². The summed E-state index contributed by atoms with van der Waals surface area (Å²) in [6.07, 6.45) is -0.217. The van der Waals surface area contributed by atoms with E-state index in [0.29, 0.717) is 36.6 Å². The van der Waals surface area contributed by atoms with E-state index in [1.54, 1.807) is 24.8 Å². The number of rotatable bonds is 4. The molecule has 1 spiro atoms. The first-order valence-corrected chi connectivity index (χ1v) is 11.6. The Kier molecular flexibility index (Phi) is 5.70. The number of hydrogen-bond acceptors (Lipinski definition) is 8. The smallest absolute Gasteiger partial charge is 0.493 e. The van der Waals surface area contributed by atoms with E-state index in [0.717, 1.165) is 27.8 Å². The molecule has 2 aliphatic heterocycles. The van der Waals surface area contributed by atoms with Crippen LogP contribution in [0.2, 0.25) is 0 Å². The van der Waals surface area contributed by atoms with Crippen molar-refractivity contribution in [2.45, 2.75) is 32.2 Å². The molecule has 0 saturated carbocycles. The summed E-state index contributed by atoms with van der Waals surface area (Å²) in [5.41, 5.74) is 3.50. The van der Waals surface area contributed by atoms with Crippen LogP contribution < -0.4 is 18.9 Å². The highest BCUT2D eigenvalue weighted by Gasteiger charge is 2.53. The average molecular weight is 482 g/mol. The largest absolute Gasteiger partial charge is 0.513 e. The van der Waals surface area contributed by atoms with Gasteiger partial charge in [0.2, 0.25) is 6.79 Å². The standard InChI is InChI=1S/C26H27NO8/c1-5-31-24(28)27-8-7-16-9-23(35-25(29)32-6-2)20(30-4)12-19(16)26(27)13-17-10-21-22(34-14-33-21)11-18(17)15(26)3/h9-12H,3,5-8,13-14H2,1-2,4H3. The number of carbonyl (C=O) groups excluding carboxylic acids is 2. The molecule has 2 aromatic rings. The van der Waals surface area contributed by atoms with Crippen molar-refractivity contribution in [2.75, 3.05) is 33.7 Å². The lowest BCUT2D eigenvalue weighted by Gasteiger charge is -2.46. The number of amides is 1. The van der Waals surface area contributed by atoms with Gasteiger partial charge < -0.3 is 28.4 Å². The quantitative estimate of drug-likeness (QED) is 0.468. The second-order valence-corrected chi connectivity index (χ2v) is 8.42. The Balaban J connectivity index is 1.65. The van der Waals surface area contributed by atoms with Crippen LogP contribution in [0.3, 0.4) is 0 Å². The number of ether oxygens (including phenoxy) is 6. The highest BCUT2D eigenvalue weighted by atomic mass is 16.7. The summed E-state index contributed by atoms with van der Waals surface area (Å²) in [6, 6.07) is 7.46. The second kappa shape index (κ2) is 8.72. The molecule has 1 unspecified atom stereocenters. The SMILES string of the molecule is C=C1c2cc3c(cc2CC12c1cc(OC)c(OC(=O)OCC)cc1CCN2C(=O)OCC)OCO3. The number of benzene rings is 2. The summed E-state index contributed by atoms with van der Waals surface area (Å²) >= 11 is 0. The van der Waals surface area contributed by atoms with Crippen LogP contribution in [0.1, 0.15) is 36.1 Å². The maximum absolute atomic E-state index is 13.2. The number of nitrogens with zero attached hydrogens (tertiary/aromatic N) is 1. The lowest BCUT2D eigenvalue weighted by Crippen LogP contribution is -2.53. The fraction of sp³-hybridized carbons (Fsp3) is 0.385. The Morgan fingerprint density at radius 2 is 1.77 bits per heavy atom. The predicted molar refractivity (Wildman–Crippen MR) is 125 cm³/mol. The molecule has 35 heavy (non-hydrogen) atoms. The first-order valence-electron chi connectivity index (χ1n) is 11.6. The Hall–Kier alpha value is -3.88. The molecule has 1 amide bonds. The van der Waals surface area contributed by atoms with Gasteiger partial charge in [-0.05, 0) is 72.4 Å². The molecule has 184 valence electrons. The minimum absolute atomic E-state index is 0.175. The van der Waals surface area contributed by atoms with Gasteiger partial charge >= 0.3 is 12.2 Å². The molecule has 9 nitrogen and oxygen atoms in total. The molecule has 0 fully saturated rings. The lowest BCUT2D eigenvalue weighted by molar-refractivity contribution is 0.0684. The van der Waals surface area contributed by atoms with Gasteiger partial charge in [-0.25, -0.2) is 9.59 Å². The third-order valence-corrected chi connectivity index (χ3v) is 6.71. The number of carbonyl (C=O) groups is 2. The minimum atomic E-state index is -0.910. The van der Waals surface area contributed by atoms with Gasteiger partial charge in [0.1, 0.15) is 5.54 Å². The molecule has 0 bridgehead atoms. The van der Waals surface area contributed by atoms with Crippen molar-refractivity contribution in [1.82, 2.24) is 4.90 Å². The summed E-state index contributed by atoms with van der Waals surface area (Å²) in [5, 5.41) is 0. The van der Waals surface area contributed by atoms with E-state index in [-0.39, 0.29) is 25.8 Å². The summed E-state index contributed by atoms with van der Waals surface area (Å²) < 4.78 is 32.5. The highest BCUT2D eigenvalue weighted by Crippen LogP contribution is 2.56. The van der Waals surface area contributed by atoms with Crippen molar-refractivity contribution >= 4 is 17.8 Å². The van der Waals surface area contributed by atoms with Crippen molar-refractivity contribution in [3.63, 3.8) is 0 Å². The van der Waals surface area contributed by atoms with Gasteiger partial charge in [-0.2, -0.15) is 0 Å². The fourth-order valence-corrected chi connectivity index (χ4v) is 5.22. The van der Waals surface area contributed by atoms with E-state index < -0.39 is 17.8 Å². The number of fused-ring (bicyclic) bond motifs is 4. The van der Waals surface area contributed by atoms with Crippen molar-refractivity contribution in [2.24, 2.45) is 0 Å². The molecule has 1 atom stereocenters. The highest BCUT2D eigenvalue weighted by molar-refractivity contribution is 5.87. The molecule has 1 aliphatic carbocycles. The van der Waals surface area contributed by atoms with Gasteiger partial charge in [-0.1, -0.05) is 6.58 Å². The van der Waals surface area contributed by atoms with Crippen LogP contribution in [0, 0.1) is 0 Å². The van der Waals surface area contributed by atoms with Gasteiger partial charge in [-0.3, -0.25) is 4.90 Å². The summed E-state index contributed by atoms with van der Waals surface area (Å²) in [5.74, 6) is 1.92. The van der Waals surface area contributed by atoms with Gasteiger partial charge in [0.05, 0.1) is 20.3 Å². The van der Waals surface area contributed by atoms with Crippen molar-refractivity contribution < 1.29 is 38.0 Å². The molecule has 0 radical (unpaired) electrons. The zero-order chi connectivity index (χ0) is 24.7. The van der Waals surface area contributed by atoms with Crippen LogP contribution in [-0.2, 0) is 27.9 Å². The maximum atomic E-state index is 13.2. The average Bonchev–Trinajstić information content (AvgIpc) is 3.40. The molecule has 0 aromatic heterocycles. The molecule has 0 saturated heterocycles. The van der Waals surface area contributed by atoms with Gasteiger partial charge in [0.25, 0.3) is 0 Å². The topological polar surface area (TPSA) is 92.8 Å². The Morgan fingerprint density at radius 3 is 2.49 bits per heavy atom. The first-order chi connectivity index (χ1) is 16.9. The Labute approximate surface area is 203 Å². The third kappa shape index (κ3) is 3.53. The maximum Gasteiger partial charge on any atom is 0.513 e. The van der Waals surface area contributed by atoms with Crippen LogP contribution in [0.15, 0.2) is 30.8 Å². The molecule has 2 heterocycles. The normalized spacial score (nSPS) is 19.3. The monoisotopic (exact) mass is 481 g/mol. The molecular formula is C26H27NO8. The summed E-state index contributed by atoms with van der Waals surface area (Å²) in [6.45, 7) is 8.95. The Morgan fingerprint density at radius 1 is 1.03 bits per heavy atom. The molecule has 3 aliphatic rings. The summed E-state index contributed by atoms with van der Waals surface area (Å²) in [7, 11) is 1.50. The van der Waals surface area contributed by atoms with Crippen molar-refractivity contribution in [1.29, 1.82) is 0 Å². The molecule has 9 heteroatoms. The van der Waals surface area contributed by atoms with Gasteiger partial charge in [0, 0.05) is 13.0 Å². The number of hydrogen-bond donors (Lipinski definition) is 0. The van der Waals surface area contributed by atoms with E-state index in [9.17, 15) is 9.59 Å².